The molecule has 8 nitrogen and oxygen atoms in total. The van der Waals surface area contributed by atoms with Gasteiger partial charge in [-0.05, 0) is 48.9 Å². The number of carbonyl (C=O) groups is 3. The summed E-state index contributed by atoms with van der Waals surface area (Å²) in [6.07, 6.45) is 1.82. The number of ether oxygens (including phenoxy) is 3. The number of methoxy groups -OCH3 is 2. The van der Waals surface area contributed by atoms with E-state index in [1.165, 1.54) is 32.4 Å². The van der Waals surface area contributed by atoms with Crippen LogP contribution in [0, 0.1) is 0 Å². The van der Waals surface area contributed by atoms with Gasteiger partial charge >= 0.3 is 5.97 Å². The van der Waals surface area contributed by atoms with Crippen LogP contribution in [0.4, 0.5) is 4.79 Å². The van der Waals surface area contributed by atoms with Gasteiger partial charge in [-0.2, -0.15) is 0 Å². The standard InChI is InChI=1S/C18H21NO7S/c1-5-10(2)26-15(20)9-19-17(22)14(27-18(19)23)8-11-6-12(24-3)16(21)13(7-11)25-4/h6-8,10,21H,5,9H2,1-4H3/b14-8+/t10-/m1/s1. The van der Waals surface area contributed by atoms with Gasteiger partial charge in [0.15, 0.2) is 11.5 Å². The van der Waals surface area contributed by atoms with E-state index < -0.39 is 23.7 Å². The summed E-state index contributed by atoms with van der Waals surface area (Å²) in [7, 11) is 2.77. The molecule has 0 aliphatic carbocycles. The molecule has 1 saturated heterocycles. The summed E-state index contributed by atoms with van der Waals surface area (Å²) in [5.41, 5.74) is 0.495. The lowest BCUT2D eigenvalue weighted by atomic mass is 10.1. The van der Waals surface area contributed by atoms with Gasteiger partial charge < -0.3 is 19.3 Å². The van der Waals surface area contributed by atoms with Crippen LogP contribution in [-0.4, -0.2) is 54.0 Å². The molecule has 1 atom stereocenters. The summed E-state index contributed by atoms with van der Waals surface area (Å²) >= 11 is 0.721. The number of phenolic OH excluding ortho intramolecular Hbond substituents is 1. The highest BCUT2D eigenvalue weighted by Gasteiger charge is 2.37. The van der Waals surface area contributed by atoms with Crippen LogP contribution in [-0.2, 0) is 14.3 Å². The molecule has 0 spiro atoms. The van der Waals surface area contributed by atoms with E-state index >= 15 is 0 Å². The maximum Gasteiger partial charge on any atom is 0.326 e. The molecule has 0 aromatic heterocycles. The maximum atomic E-state index is 12.5. The first kappa shape index (κ1) is 20.6. The normalized spacial score (nSPS) is 16.6. The van der Waals surface area contributed by atoms with Crippen molar-refractivity contribution in [1.82, 2.24) is 4.90 Å². The quantitative estimate of drug-likeness (QED) is 0.555. The molecule has 0 unspecified atom stereocenters. The van der Waals surface area contributed by atoms with E-state index in [1.54, 1.807) is 6.92 Å². The summed E-state index contributed by atoms with van der Waals surface area (Å²) in [5.74, 6) is -1.06. The molecule has 2 amide bonds. The minimum Gasteiger partial charge on any atom is -0.502 e. The van der Waals surface area contributed by atoms with Gasteiger partial charge in [0.05, 0.1) is 25.2 Å². The topological polar surface area (TPSA) is 102 Å². The predicted molar refractivity (Wildman–Crippen MR) is 99.7 cm³/mol. The summed E-state index contributed by atoms with van der Waals surface area (Å²) in [4.78, 5) is 37.4. The molecule has 1 N–H and O–H groups in total. The van der Waals surface area contributed by atoms with Crippen molar-refractivity contribution in [3.63, 3.8) is 0 Å². The number of imide groups is 1. The van der Waals surface area contributed by atoms with Crippen molar-refractivity contribution in [1.29, 1.82) is 0 Å². The van der Waals surface area contributed by atoms with E-state index in [1.807, 2.05) is 6.92 Å². The molecular formula is C18H21NO7S. The number of nitrogens with zero attached hydrogens (tertiary/aromatic N) is 1. The molecular weight excluding hydrogens is 374 g/mol. The Hall–Kier alpha value is -2.68. The number of carbonyl (C=O) groups excluding carboxylic acids is 3. The van der Waals surface area contributed by atoms with Crippen molar-refractivity contribution in [2.24, 2.45) is 0 Å². The molecule has 0 saturated carbocycles. The lowest BCUT2D eigenvalue weighted by Gasteiger charge is -2.14. The van der Waals surface area contributed by atoms with Crippen LogP contribution in [0.2, 0.25) is 0 Å². The number of benzene rings is 1. The Morgan fingerprint density at radius 1 is 1.26 bits per heavy atom. The first-order valence-corrected chi connectivity index (χ1v) is 9.02. The van der Waals surface area contributed by atoms with Crippen LogP contribution in [0.3, 0.4) is 0 Å². The van der Waals surface area contributed by atoms with E-state index in [2.05, 4.69) is 0 Å². The zero-order valence-corrected chi connectivity index (χ0v) is 16.3. The number of hydrogen-bond acceptors (Lipinski definition) is 8. The third-order valence-corrected chi connectivity index (χ3v) is 4.78. The summed E-state index contributed by atoms with van der Waals surface area (Å²) < 4.78 is 15.3. The smallest absolute Gasteiger partial charge is 0.326 e. The van der Waals surface area contributed by atoms with E-state index in [4.69, 9.17) is 14.2 Å². The third-order valence-electron chi connectivity index (χ3n) is 3.87. The number of hydrogen-bond donors (Lipinski definition) is 1. The Labute approximate surface area is 161 Å². The predicted octanol–water partition coefficient (Wildman–Crippen LogP) is 2.79. The second kappa shape index (κ2) is 8.81. The zero-order chi connectivity index (χ0) is 20.1. The SMILES string of the molecule is CC[C@@H](C)OC(=O)CN1C(=O)S/C(=C/c2cc(OC)c(O)c(OC)c2)C1=O. The van der Waals surface area contributed by atoms with Crippen molar-refractivity contribution < 1.29 is 33.7 Å². The van der Waals surface area contributed by atoms with Crippen LogP contribution in [0.25, 0.3) is 6.08 Å². The molecule has 27 heavy (non-hydrogen) atoms. The highest BCUT2D eigenvalue weighted by atomic mass is 32.2. The minimum absolute atomic E-state index is 0.145. The molecule has 0 bridgehead atoms. The average molecular weight is 395 g/mol. The Balaban J connectivity index is 2.22. The van der Waals surface area contributed by atoms with Crippen LogP contribution in [0.1, 0.15) is 25.8 Å². The summed E-state index contributed by atoms with van der Waals surface area (Å²) in [6, 6.07) is 3.01. The van der Waals surface area contributed by atoms with Gasteiger partial charge in [0.1, 0.15) is 6.54 Å². The second-order valence-electron chi connectivity index (χ2n) is 5.75. The first-order chi connectivity index (χ1) is 12.8. The Bertz CT molecular complexity index is 765. The molecule has 146 valence electrons. The van der Waals surface area contributed by atoms with Gasteiger partial charge in [0.2, 0.25) is 5.75 Å². The number of aromatic hydroxyl groups is 1. The monoisotopic (exact) mass is 395 g/mol. The highest BCUT2D eigenvalue weighted by molar-refractivity contribution is 8.18. The lowest BCUT2D eigenvalue weighted by Crippen LogP contribution is -2.35. The minimum atomic E-state index is -0.638. The number of phenols is 1. The van der Waals surface area contributed by atoms with Crippen LogP contribution in [0.15, 0.2) is 17.0 Å². The fraction of sp³-hybridized carbons (Fsp3) is 0.389. The number of rotatable bonds is 7. The second-order valence-corrected chi connectivity index (χ2v) is 6.74. The largest absolute Gasteiger partial charge is 0.502 e. The number of amides is 2. The zero-order valence-electron chi connectivity index (χ0n) is 15.5. The Morgan fingerprint density at radius 3 is 2.37 bits per heavy atom. The van der Waals surface area contributed by atoms with Crippen molar-refractivity contribution in [3.8, 4) is 17.2 Å². The highest BCUT2D eigenvalue weighted by Crippen LogP contribution is 2.39. The number of thioether (sulfide) groups is 1. The molecule has 1 fully saturated rings. The van der Waals surface area contributed by atoms with Crippen molar-refractivity contribution in [2.45, 2.75) is 26.4 Å². The Morgan fingerprint density at radius 2 is 1.85 bits per heavy atom. The van der Waals surface area contributed by atoms with E-state index in [0.29, 0.717) is 12.0 Å². The van der Waals surface area contributed by atoms with E-state index in [0.717, 1.165) is 16.7 Å². The Kier molecular flexibility index (Phi) is 6.73. The molecule has 9 heteroatoms. The molecule has 1 aromatic rings. The molecule has 2 rings (SSSR count). The molecule has 1 aliphatic rings. The van der Waals surface area contributed by atoms with E-state index in [9.17, 15) is 19.5 Å². The summed E-state index contributed by atoms with van der Waals surface area (Å²) in [5, 5.41) is 9.39. The molecule has 1 heterocycles. The van der Waals surface area contributed by atoms with Gasteiger partial charge in [0.25, 0.3) is 11.1 Å². The van der Waals surface area contributed by atoms with Gasteiger partial charge in [-0.3, -0.25) is 19.3 Å². The van der Waals surface area contributed by atoms with Crippen LogP contribution < -0.4 is 9.47 Å². The third kappa shape index (κ3) is 4.73. The van der Waals surface area contributed by atoms with E-state index in [-0.39, 0.29) is 28.3 Å². The first-order valence-electron chi connectivity index (χ1n) is 8.20. The molecule has 0 radical (unpaired) electrons. The van der Waals surface area contributed by atoms with Gasteiger partial charge in [0, 0.05) is 0 Å². The van der Waals surface area contributed by atoms with Crippen molar-refractivity contribution in [2.75, 3.05) is 20.8 Å². The van der Waals surface area contributed by atoms with Crippen molar-refractivity contribution in [3.05, 3.63) is 22.6 Å². The molecule has 1 aromatic carbocycles. The number of esters is 1. The molecule has 1 aliphatic heterocycles. The average Bonchev–Trinajstić information content (AvgIpc) is 2.90. The van der Waals surface area contributed by atoms with Crippen LogP contribution >= 0.6 is 11.8 Å². The van der Waals surface area contributed by atoms with Gasteiger partial charge in [-0.15, -0.1) is 0 Å². The summed E-state index contributed by atoms with van der Waals surface area (Å²) in [6.45, 7) is 3.16. The fourth-order valence-corrected chi connectivity index (χ4v) is 3.10. The van der Waals surface area contributed by atoms with Gasteiger partial charge in [-0.25, -0.2) is 0 Å². The lowest BCUT2D eigenvalue weighted by molar-refractivity contribution is -0.150. The maximum absolute atomic E-state index is 12.5. The van der Waals surface area contributed by atoms with Gasteiger partial charge in [-0.1, -0.05) is 6.92 Å². The van der Waals surface area contributed by atoms with Crippen LogP contribution in [0.5, 0.6) is 17.2 Å². The fourth-order valence-electron chi connectivity index (χ4n) is 2.26. The van der Waals surface area contributed by atoms with Crippen molar-refractivity contribution >= 4 is 35.0 Å².